The predicted molar refractivity (Wildman–Crippen MR) is 63.1 cm³/mol. The predicted octanol–water partition coefficient (Wildman–Crippen LogP) is -0.598. The summed E-state index contributed by atoms with van der Waals surface area (Å²) in [6.45, 7) is 8.94. The van der Waals surface area contributed by atoms with Gasteiger partial charge in [0.25, 0.3) is 0 Å². The Morgan fingerprint density at radius 3 is 2.06 bits per heavy atom. The van der Waals surface area contributed by atoms with Gasteiger partial charge in [0.1, 0.15) is 6.04 Å². The molecule has 5 nitrogen and oxygen atoms in total. The lowest BCUT2D eigenvalue weighted by Gasteiger charge is -2.14. The third kappa shape index (κ3) is 11.9. The van der Waals surface area contributed by atoms with Crippen molar-refractivity contribution < 1.29 is 19.9 Å². The molecule has 0 bridgehead atoms. The van der Waals surface area contributed by atoms with Crippen molar-refractivity contribution in [1.29, 1.82) is 0 Å². The van der Waals surface area contributed by atoms with Gasteiger partial charge in [-0.1, -0.05) is 0 Å². The minimum Gasteiger partial charge on any atom is -0.377 e. The fourth-order valence-corrected chi connectivity index (χ4v) is 1.01. The van der Waals surface area contributed by atoms with E-state index in [0.29, 0.717) is 39.1 Å². The van der Waals surface area contributed by atoms with Crippen molar-refractivity contribution in [3.63, 3.8) is 0 Å². The molecule has 16 heavy (non-hydrogen) atoms. The molecule has 0 heterocycles. The number of ether oxygens (including phenoxy) is 3. The summed E-state index contributed by atoms with van der Waals surface area (Å²) in [7, 11) is 0. The van der Waals surface area contributed by atoms with Gasteiger partial charge in [0, 0.05) is 6.04 Å². The van der Waals surface area contributed by atoms with E-state index in [-0.39, 0.29) is 12.1 Å². The molecule has 3 unspecified atom stereocenters. The zero-order valence-corrected chi connectivity index (χ0v) is 10.8. The maximum atomic E-state index is 5.53. The van der Waals surface area contributed by atoms with Gasteiger partial charge in [-0.3, -0.25) is 0 Å². The van der Waals surface area contributed by atoms with Gasteiger partial charge >= 0.3 is 0 Å². The summed E-state index contributed by atoms with van der Waals surface area (Å²) in [6.07, 6.45) is 0.109. The van der Waals surface area contributed by atoms with Crippen LogP contribution in [0.1, 0.15) is 20.8 Å². The average molecular weight is 235 g/mol. The zero-order chi connectivity index (χ0) is 12.4. The molecule has 0 fully saturated rings. The quantitative estimate of drug-likeness (QED) is 0.496. The molecule has 0 aromatic heterocycles. The first-order chi connectivity index (χ1) is 7.52. The molecule has 0 aromatic rings. The molecule has 0 aromatic carbocycles. The van der Waals surface area contributed by atoms with Crippen LogP contribution in [0.3, 0.4) is 0 Å². The van der Waals surface area contributed by atoms with Gasteiger partial charge in [0.2, 0.25) is 0 Å². The van der Waals surface area contributed by atoms with Gasteiger partial charge in [0.15, 0.2) is 0 Å². The Hall–Kier alpha value is -0.200. The molecule has 5 N–H and O–H groups in total. The molecule has 0 saturated carbocycles. The first kappa shape index (κ1) is 15.8. The highest BCUT2D eigenvalue weighted by Crippen LogP contribution is 1.93. The van der Waals surface area contributed by atoms with Crippen molar-refractivity contribution in [2.45, 2.75) is 39.0 Å². The highest BCUT2D eigenvalue weighted by atomic mass is 16.5. The molecule has 5 heteroatoms. The van der Waals surface area contributed by atoms with Crippen LogP contribution in [0.25, 0.3) is 0 Å². The van der Waals surface area contributed by atoms with Crippen LogP contribution in [0.4, 0.5) is 0 Å². The molecule has 0 aliphatic carbocycles. The zero-order valence-electron chi connectivity index (χ0n) is 10.8. The van der Waals surface area contributed by atoms with Crippen molar-refractivity contribution in [3.8, 4) is 0 Å². The molecule has 0 radical (unpaired) electrons. The standard InChI is InChI=1S/C11H26N2O3/c1-9(12)6-14-4-5-15-8-11(3)16-7-10(2)13/h9-11H,4-8,12-13H2,1-3H3/p+1. The van der Waals surface area contributed by atoms with Crippen LogP contribution in [0.5, 0.6) is 0 Å². The van der Waals surface area contributed by atoms with Crippen LogP contribution < -0.4 is 11.5 Å². The van der Waals surface area contributed by atoms with E-state index >= 15 is 0 Å². The van der Waals surface area contributed by atoms with E-state index in [0.717, 1.165) is 0 Å². The Kier molecular flexibility index (Phi) is 9.86. The number of rotatable bonds is 10. The summed E-state index contributed by atoms with van der Waals surface area (Å²) >= 11 is 0. The molecule has 98 valence electrons. The Morgan fingerprint density at radius 2 is 1.56 bits per heavy atom. The summed E-state index contributed by atoms with van der Waals surface area (Å²) in [6, 6.07) is 0.401. The number of quaternary nitrogens is 1. The molecule has 0 aliphatic rings. The van der Waals surface area contributed by atoms with Gasteiger partial charge in [0.05, 0.1) is 39.1 Å². The highest BCUT2D eigenvalue weighted by molar-refractivity contribution is 4.50. The molecule has 0 aliphatic heterocycles. The smallest absolute Gasteiger partial charge is 0.105 e. The Labute approximate surface area is 98.4 Å². The molecule has 0 amide bonds. The topological polar surface area (TPSA) is 81.4 Å². The summed E-state index contributed by atoms with van der Waals surface area (Å²) < 4.78 is 16.2. The van der Waals surface area contributed by atoms with Crippen LogP contribution in [-0.2, 0) is 14.2 Å². The highest BCUT2D eigenvalue weighted by Gasteiger charge is 2.05. The van der Waals surface area contributed by atoms with Crippen LogP contribution in [0.15, 0.2) is 0 Å². The van der Waals surface area contributed by atoms with Crippen molar-refractivity contribution in [2.24, 2.45) is 5.73 Å². The fraction of sp³-hybridized carbons (Fsp3) is 1.00. The van der Waals surface area contributed by atoms with E-state index in [9.17, 15) is 0 Å². The van der Waals surface area contributed by atoms with Gasteiger partial charge in [-0.2, -0.15) is 0 Å². The molecule has 0 rings (SSSR count). The lowest BCUT2D eigenvalue weighted by Crippen LogP contribution is -2.61. The Balaban J connectivity index is 3.18. The second-order valence-corrected chi connectivity index (χ2v) is 4.38. The van der Waals surface area contributed by atoms with Crippen LogP contribution in [0.2, 0.25) is 0 Å². The summed E-state index contributed by atoms with van der Waals surface area (Å²) in [5.41, 5.74) is 9.38. The molecular formula is C11H27N2O3+. The minimum atomic E-state index is 0.0841. The number of hydrogen-bond acceptors (Lipinski definition) is 4. The van der Waals surface area contributed by atoms with Crippen molar-refractivity contribution in [3.05, 3.63) is 0 Å². The first-order valence-electron chi connectivity index (χ1n) is 5.88. The lowest BCUT2D eigenvalue weighted by molar-refractivity contribution is -0.422. The summed E-state index contributed by atoms with van der Waals surface area (Å²) in [5.74, 6) is 0. The van der Waals surface area contributed by atoms with E-state index in [1.54, 1.807) is 0 Å². The summed E-state index contributed by atoms with van der Waals surface area (Å²) in [4.78, 5) is 0. The first-order valence-corrected chi connectivity index (χ1v) is 5.88. The largest absolute Gasteiger partial charge is 0.377 e. The van der Waals surface area contributed by atoms with Gasteiger partial charge in [-0.15, -0.1) is 0 Å². The SMILES string of the molecule is CC(N)COCCOCC(C)OCC(C)[NH3+]. The molecular weight excluding hydrogens is 208 g/mol. The normalized spacial score (nSPS) is 17.1. The number of nitrogens with two attached hydrogens (primary N) is 1. The van der Waals surface area contributed by atoms with E-state index in [1.807, 2.05) is 20.8 Å². The second kappa shape index (κ2) is 9.99. The third-order valence-corrected chi connectivity index (χ3v) is 1.77. The van der Waals surface area contributed by atoms with Crippen LogP contribution in [-0.4, -0.2) is 51.2 Å². The van der Waals surface area contributed by atoms with Gasteiger partial charge < -0.3 is 25.7 Å². The van der Waals surface area contributed by atoms with Crippen molar-refractivity contribution in [2.75, 3.05) is 33.0 Å². The van der Waals surface area contributed by atoms with Crippen LogP contribution >= 0.6 is 0 Å². The molecule has 0 saturated heterocycles. The summed E-state index contributed by atoms with van der Waals surface area (Å²) in [5, 5.41) is 0. The maximum absolute atomic E-state index is 5.53. The molecule has 3 atom stereocenters. The lowest BCUT2D eigenvalue weighted by atomic mass is 10.4. The monoisotopic (exact) mass is 235 g/mol. The Bertz CT molecular complexity index is 154. The van der Waals surface area contributed by atoms with Crippen LogP contribution in [0, 0.1) is 0 Å². The van der Waals surface area contributed by atoms with E-state index < -0.39 is 0 Å². The minimum absolute atomic E-state index is 0.0841. The Morgan fingerprint density at radius 1 is 1.00 bits per heavy atom. The fourth-order valence-electron chi connectivity index (χ4n) is 1.01. The van der Waals surface area contributed by atoms with E-state index in [4.69, 9.17) is 19.9 Å². The van der Waals surface area contributed by atoms with E-state index in [2.05, 4.69) is 5.73 Å². The van der Waals surface area contributed by atoms with Gasteiger partial charge in [-0.25, -0.2) is 0 Å². The molecule has 0 spiro atoms. The number of hydrogen-bond donors (Lipinski definition) is 2. The van der Waals surface area contributed by atoms with E-state index in [1.165, 1.54) is 0 Å². The third-order valence-electron chi connectivity index (χ3n) is 1.77. The maximum Gasteiger partial charge on any atom is 0.105 e. The van der Waals surface area contributed by atoms with Crippen molar-refractivity contribution in [1.82, 2.24) is 0 Å². The second-order valence-electron chi connectivity index (χ2n) is 4.38. The van der Waals surface area contributed by atoms with Gasteiger partial charge in [-0.05, 0) is 20.8 Å². The average Bonchev–Trinajstić information content (AvgIpc) is 2.19. The van der Waals surface area contributed by atoms with Crippen molar-refractivity contribution >= 4 is 0 Å².